The van der Waals surface area contributed by atoms with Crippen LogP contribution in [0.5, 0.6) is 0 Å². The average Bonchev–Trinajstić information content (AvgIpc) is 2.97. The van der Waals surface area contributed by atoms with E-state index < -0.39 is 0 Å². The summed E-state index contributed by atoms with van der Waals surface area (Å²) in [5, 5.41) is 3.28. The van der Waals surface area contributed by atoms with Gasteiger partial charge in [-0.1, -0.05) is 6.92 Å². The molecule has 0 aromatic carbocycles. The first-order valence-corrected chi connectivity index (χ1v) is 7.44. The topological polar surface area (TPSA) is 95.2 Å². The van der Waals surface area contributed by atoms with Crippen LogP contribution < -0.4 is 21.5 Å². The third kappa shape index (κ3) is 4.68. The number of rotatable bonds is 7. The minimum atomic E-state index is 0.364. The molecular weight excluding hydrogens is 268 g/mol. The first kappa shape index (κ1) is 15.7. The zero-order chi connectivity index (χ0) is 15.2. The Labute approximate surface area is 126 Å². The summed E-state index contributed by atoms with van der Waals surface area (Å²) >= 11 is 0. The zero-order valence-electron chi connectivity index (χ0n) is 13.1. The van der Waals surface area contributed by atoms with Crippen molar-refractivity contribution in [1.82, 2.24) is 19.9 Å². The Morgan fingerprint density at radius 1 is 1.19 bits per heavy atom. The largest absolute Gasteiger partial charge is 0.354 e. The fraction of sp³-hybridized carbons (Fsp3) is 0.769. The molecule has 0 bridgehead atoms. The lowest BCUT2D eigenvalue weighted by Crippen LogP contribution is -2.29. The Kier molecular flexibility index (Phi) is 5.51. The first-order valence-electron chi connectivity index (χ1n) is 7.44. The predicted molar refractivity (Wildman–Crippen MR) is 85.3 cm³/mol. The number of aromatic nitrogens is 3. The molecule has 2 heterocycles. The highest BCUT2D eigenvalue weighted by Gasteiger charge is 2.15. The van der Waals surface area contributed by atoms with Crippen LogP contribution in [0.25, 0.3) is 0 Å². The lowest BCUT2D eigenvalue weighted by molar-refractivity contribution is 0.294. The molecule has 1 atom stereocenters. The van der Waals surface area contributed by atoms with Gasteiger partial charge in [-0.05, 0) is 31.8 Å². The van der Waals surface area contributed by atoms with E-state index in [2.05, 4.69) is 37.5 Å². The van der Waals surface area contributed by atoms with Crippen LogP contribution in [0.15, 0.2) is 0 Å². The van der Waals surface area contributed by atoms with Crippen LogP contribution in [0.4, 0.5) is 17.8 Å². The summed E-state index contributed by atoms with van der Waals surface area (Å²) in [4.78, 5) is 17.1. The molecule has 8 heteroatoms. The van der Waals surface area contributed by atoms with Crippen LogP contribution in [-0.2, 0) is 0 Å². The minimum absolute atomic E-state index is 0.364. The van der Waals surface area contributed by atoms with Crippen LogP contribution in [0, 0.1) is 5.92 Å². The van der Waals surface area contributed by atoms with Gasteiger partial charge in [0.15, 0.2) is 0 Å². The Hall–Kier alpha value is -1.67. The second-order valence-electron chi connectivity index (χ2n) is 5.82. The summed E-state index contributed by atoms with van der Waals surface area (Å²) in [5.41, 5.74) is 2.47. The van der Waals surface area contributed by atoms with Crippen molar-refractivity contribution >= 4 is 17.8 Å². The van der Waals surface area contributed by atoms with Gasteiger partial charge in [-0.25, -0.2) is 5.84 Å². The third-order valence-electron chi connectivity index (χ3n) is 3.53. The van der Waals surface area contributed by atoms with Gasteiger partial charge in [-0.15, -0.1) is 0 Å². The van der Waals surface area contributed by atoms with Gasteiger partial charge < -0.3 is 15.1 Å². The molecule has 1 aliphatic rings. The monoisotopic (exact) mass is 294 g/mol. The second-order valence-corrected chi connectivity index (χ2v) is 5.82. The van der Waals surface area contributed by atoms with Crippen molar-refractivity contribution in [2.24, 2.45) is 11.8 Å². The summed E-state index contributed by atoms with van der Waals surface area (Å²) in [6.45, 7) is 6.63. The summed E-state index contributed by atoms with van der Waals surface area (Å²) < 4.78 is 0. The van der Waals surface area contributed by atoms with Gasteiger partial charge in [0.05, 0.1) is 0 Å². The normalized spacial score (nSPS) is 16.8. The number of anilines is 3. The maximum absolute atomic E-state index is 5.40. The van der Waals surface area contributed by atoms with Crippen LogP contribution in [-0.4, -0.2) is 60.1 Å². The average molecular weight is 294 g/mol. The molecule has 4 N–H and O–H groups in total. The molecule has 118 valence electrons. The van der Waals surface area contributed by atoms with Crippen molar-refractivity contribution < 1.29 is 0 Å². The van der Waals surface area contributed by atoms with Crippen molar-refractivity contribution in [3.63, 3.8) is 0 Å². The summed E-state index contributed by atoms with van der Waals surface area (Å²) in [6, 6.07) is 0. The predicted octanol–water partition coefficient (Wildman–Crippen LogP) is 0.367. The van der Waals surface area contributed by atoms with Crippen molar-refractivity contribution in [3.8, 4) is 0 Å². The molecule has 0 amide bonds. The molecule has 0 aliphatic carbocycles. The van der Waals surface area contributed by atoms with Crippen molar-refractivity contribution in [3.05, 3.63) is 0 Å². The van der Waals surface area contributed by atoms with Gasteiger partial charge in [-0.3, -0.25) is 5.43 Å². The lowest BCUT2D eigenvalue weighted by Gasteiger charge is -2.20. The fourth-order valence-corrected chi connectivity index (χ4v) is 2.44. The smallest absolute Gasteiger partial charge is 0.243 e. The Morgan fingerprint density at radius 2 is 1.86 bits per heavy atom. The molecular formula is C13H26N8. The fourth-order valence-electron chi connectivity index (χ4n) is 2.44. The molecule has 1 aromatic heterocycles. The van der Waals surface area contributed by atoms with Gasteiger partial charge in [0.2, 0.25) is 17.8 Å². The number of hydrogen-bond donors (Lipinski definition) is 3. The van der Waals surface area contributed by atoms with E-state index in [1.54, 1.807) is 0 Å². The quantitative estimate of drug-likeness (QED) is 0.490. The molecule has 1 unspecified atom stereocenters. The zero-order valence-corrected chi connectivity index (χ0v) is 13.1. The highest BCUT2D eigenvalue weighted by Crippen LogP contribution is 2.13. The van der Waals surface area contributed by atoms with E-state index in [1.807, 2.05) is 19.0 Å². The second kappa shape index (κ2) is 7.37. The number of nitrogens with one attached hydrogen (secondary N) is 2. The maximum atomic E-state index is 5.40. The van der Waals surface area contributed by atoms with Gasteiger partial charge in [-0.2, -0.15) is 15.0 Å². The Bertz CT molecular complexity index is 444. The van der Waals surface area contributed by atoms with Crippen LogP contribution in [0.1, 0.15) is 19.8 Å². The maximum Gasteiger partial charge on any atom is 0.243 e. The Balaban J connectivity index is 1.90. The molecule has 1 saturated heterocycles. The Morgan fingerprint density at radius 3 is 2.48 bits per heavy atom. The number of hydrazine groups is 1. The van der Waals surface area contributed by atoms with Crippen molar-refractivity contribution in [1.29, 1.82) is 0 Å². The van der Waals surface area contributed by atoms with Gasteiger partial charge in [0.25, 0.3) is 0 Å². The molecule has 1 aliphatic heterocycles. The number of likely N-dealkylation sites (tertiary alicyclic amines) is 1. The van der Waals surface area contributed by atoms with Gasteiger partial charge in [0.1, 0.15) is 0 Å². The first-order chi connectivity index (χ1) is 10.1. The standard InChI is InChI=1S/C13H26N8/c1-10(9-21-6-4-5-7-21)8-15-11-16-12(19-14)18-13(17-11)20(2)3/h10H,4-9,14H2,1-3H3,(H2,15,16,17,18,19). The van der Waals surface area contributed by atoms with Crippen molar-refractivity contribution in [2.75, 3.05) is 55.9 Å². The number of nitrogens with two attached hydrogens (primary N) is 1. The van der Waals surface area contributed by atoms with E-state index in [4.69, 9.17) is 5.84 Å². The SMILES string of the molecule is CC(CNc1nc(NN)nc(N(C)C)n1)CN1CCCC1. The van der Waals surface area contributed by atoms with E-state index in [0.29, 0.717) is 23.8 Å². The van der Waals surface area contributed by atoms with E-state index in [0.717, 1.165) is 13.1 Å². The number of nitrogen functional groups attached to an aromatic ring is 1. The molecule has 0 spiro atoms. The van der Waals surface area contributed by atoms with Crippen LogP contribution in [0.3, 0.4) is 0 Å². The van der Waals surface area contributed by atoms with Crippen molar-refractivity contribution in [2.45, 2.75) is 19.8 Å². The third-order valence-corrected chi connectivity index (χ3v) is 3.53. The molecule has 8 nitrogen and oxygen atoms in total. The van der Waals surface area contributed by atoms with Crippen LogP contribution >= 0.6 is 0 Å². The van der Waals surface area contributed by atoms with E-state index in [-0.39, 0.29) is 0 Å². The summed E-state index contributed by atoms with van der Waals surface area (Å²) in [6.07, 6.45) is 2.65. The molecule has 21 heavy (non-hydrogen) atoms. The summed E-state index contributed by atoms with van der Waals surface area (Å²) in [7, 11) is 3.77. The summed E-state index contributed by atoms with van der Waals surface area (Å²) in [5.74, 6) is 7.43. The van der Waals surface area contributed by atoms with E-state index >= 15 is 0 Å². The van der Waals surface area contributed by atoms with E-state index in [1.165, 1.54) is 25.9 Å². The highest BCUT2D eigenvalue weighted by molar-refractivity contribution is 5.42. The highest BCUT2D eigenvalue weighted by atomic mass is 15.4. The molecule has 1 fully saturated rings. The minimum Gasteiger partial charge on any atom is -0.354 e. The number of nitrogens with zero attached hydrogens (tertiary/aromatic N) is 5. The van der Waals surface area contributed by atoms with Gasteiger partial charge >= 0.3 is 0 Å². The number of hydrogen-bond acceptors (Lipinski definition) is 8. The molecule has 0 saturated carbocycles. The lowest BCUT2D eigenvalue weighted by atomic mass is 10.1. The van der Waals surface area contributed by atoms with E-state index in [9.17, 15) is 0 Å². The van der Waals surface area contributed by atoms with Crippen LogP contribution in [0.2, 0.25) is 0 Å². The molecule has 0 radical (unpaired) electrons. The van der Waals surface area contributed by atoms with Gasteiger partial charge in [0, 0.05) is 27.2 Å². The molecule has 2 rings (SSSR count). The molecule has 1 aromatic rings.